The molecule has 2 rings (SSSR count). The molecule has 1 aromatic carbocycles. The monoisotopic (exact) mass is 520 g/mol. The molecule has 0 saturated carbocycles. The zero-order chi connectivity index (χ0) is 18.8. The Hall–Kier alpha value is -1.32. The second-order valence-electron chi connectivity index (χ2n) is 5.58. The van der Waals surface area contributed by atoms with E-state index in [4.69, 9.17) is 11.6 Å². The summed E-state index contributed by atoms with van der Waals surface area (Å²) in [6, 6.07) is 11.3. The zero-order valence-corrected chi connectivity index (χ0v) is 19.5. The van der Waals surface area contributed by atoms with Crippen molar-refractivity contribution in [3.63, 3.8) is 0 Å². The Labute approximate surface area is 187 Å². The molecular formula is C19H26ClIN4OS. The summed E-state index contributed by atoms with van der Waals surface area (Å²) in [7, 11) is 0. The summed E-state index contributed by atoms with van der Waals surface area (Å²) in [5.41, 5.74) is 0.485. The van der Waals surface area contributed by atoms with Gasteiger partial charge in [-0.1, -0.05) is 30.7 Å². The third kappa shape index (κ3) is 8.06. The first-order chi connectivity index (χ1) is 12.6. The normalized spacial score (nSPS) is 10.9. The highest BCUT2D eigenvalue weighted by atomic mass is 127. The van der Waals surface area contributed by atoms with Crippen LogP contribution in [0.3, 0.4) is 0 Å². The first-order valence-electron chi connectivity index (χ1n) is 8.76. The Kier molecular flexibility index (Phi) is 11.4. The predicted octanol–water partition coefficient (Wildman–Crippen LogP) is 4.07. The molecule has 2 aromatic rings. The van der Waals surface area contributed by atoms with Crippen LogP contribution in [0, 0.1) is 0 Å². The van der Waals surface area contributed by atoms with Crippen molar-refractivity contribution in [2.75, 3.05) is 19.6 Å². The van der Waals surface area contributed by atoms with E-state index in [0.717, 1.165) is 18.9 Å². The molecule has 0 aliphatic carbocycles. The summed E-state index contributed by atoms with van der Waals surface area (Å²) in [6.07, 6.45) is 1.05. The number of carbonyl (C=O) groups excluding carboxylic acids is 1. The van der Waals surface area contributed by atoms with Crippen LogP contribution in [0.5, 0.6) is 0 Å². The van der Waals surface area contributed by atoms with Crippen LogP contribution in [-0.2, 0) is 13.0 Å². The summed E-state index contributed by atoms with van der Waals surface area (Å²) < 4.78 is 0. The second-order valence-corrected chi connectivity index (χ2v) is 7.24. The molecule has 0 aliphatic heterocycles. The van der Waals surface area contributed by atoms with Crippen LogP contribution in [0.25, 0.3) is 0 Å². The predicted molar refractivity (Wildman–Crippen MR) is 126 cm³/mol. The summed E-state index contributed by atoms with van der Waals surface area (Å²) in [4.78, 5) is 19.3. The van der Waals surface area contributed by atoms with Crippen LogP contribution < -0.4 is 16.0 Å². The maximum absolute atomic E-state index is 12.1. The molecule has 0 aliphatic rings. The van der Waals surface area contributed by atoms with Crippen molar-refractivity contribution < 1.29 is 4.79 Å². The van der Waals surface area contributed by atoms with Gasteiger partial charge in [-0.05, 0) is 37.6 Å². The zero-order valence-electron chi connectivity index (χ0n) is 15.5. The number of aliphatic imine (C=N–C) groups is 1. The molecule has 0 fully saturated rings. The summed E-state index contributed by atoms with van der Waals surface area (Å²) in [6.45, 7) is 6.66. The van der Waals surface area contributed by atoms with Crippen molar-refractivity contribution in [1.29, 1.82) is 0 Å². The third-order valence-corrected chi connectivity index (χ3v) is 5.17. The van der Waals surface area contributed by atoms with Gasteiger partial charge in [-0.25, -0.2) is 4.99 Å². The van der Waals surface area contributed by atoms with Gasteiger partial charge in [0.1, 0.15) is 0 Å². The van der Waals surface area contributed by atoms with E-state index in [1.54, 1.807) is 35.6 Å². The lowest BCUT2D eigenvalue weighted by atomic mass is 10.2. The number of carbonyl (C=O) groups is 1. The van der Waals surface area contributed by atoms with E-state index in [9.17, 15) is 4.79 Å². The smallest absolute Gasteiger partial charge is 0.252 e. The molecule has 8 heteroatoms. The summed E-state index contributed by atoms with van der Waals surface area (Å²) >= 11 is 7.82. The Morgan fingerprint density at radius 1 is 1.04 bits per heavy atom. The number of hydrogen-bond donors (Lipinski definition) is 3. The first-order valence-corrected chi connectivity index (χ1v) is 9.96. The first kappa shape index (κ1) is 23.7. The van der Waals surface area contributed by atoms with E-state index in [1.807, 2.05) is 6.92 Å². The number of rotatable bonds is 8. The fourth-order valence-corrected chi connectivity index (χ4v) is 3.40. The lowest BCUT2D eigenvalue weighted by molar-refractivity contribution is 0.0954. The van der Waals surface area contributed by atoms with Crippen molar-refractivity contribution in [1.82, 2.24) is 16.0 Å². The number of thiophene rings is 1. The van der Waals surface area contributed by atoms with Gasteiger partial charge in [0, 0.05) is 29.4 Å². The fourth-order valence-electron chi connectivity index (χ4n) is 2.29. The number of guanidine groups is 1. The molecule has 0 unspecified atom stereocenters. The molecule has 27 heavy (non-hydrogen) atoms. The fraction of sp³-hybridized carbons (Fsp3) is 0.368. The third-order valence-electron chi connectivity index (χ3n) is 3.62. The maximum atomic E-state index is 12.1. The van der Waals surface area contributed by atoms with E-state index in [2.05, 4.69) is 40.0 Å². The number of halogens is 2. The average molecular weight is 521 g/mol. The standard InChI is InChI=1S/C19H25ClN4OS.HI/c1-3-14-9-10-15(26-14)13-24-19(21-4-2)23-12-11-22-18(25)16-7-5-6-8-17(16)20;/h5-10H,3-4,11-13H2,1-2H3,(H,22,25)(H2,21,23,24);1H. The minimum absolute atomic E-state index is 0. The average Bonchev–Trinajstić information content (AvgIpc) is 3.11. The largest absolute Gasteiger partial charge is 0.357 e. The van der Waals surface area contributed by atoms with Crippen molar-refractivity contribution in [3.8, 4) is 0 Å². The van der Waals surface area contributed by atoms with Crippen LogP contribution in [0.15, 0.2) is 41.4 Å². The van der Waals surface area contributed by atoms with Crippen molar-refractivity contribution in [2.45, 2.75) is 26.8 Å². The van der Waals surface area contributed by atoms with Gasteiger partial charge in [0.05, 0.1) is 17.1 Å². The van der Waals surface area contributed by atoms with Gasteiger partial charge >= 0.3 is 0 Å². The van der Waals surface area contributed by atoms with Crippen LogP contribution >= 0.6 is 46.9 Å². The van der Waals surface area contributed by atoms with E-state index in [1.165, 1.54) is 9.75 Å². The molecule has 0 spiro atoms. The highest BCUT2D eigenvalue weighted by Gasteiger charge is 2.08. The molecule has 1 heterocycles. The Morgan fingerprint density at radius 3 is 2.41 bits per heavy atom. The van der Waals surface area contributed by atoms with Gasteiger partial charge in [0.2, 0.25) is 0 Å². The van der Waals surface area contributed by atoms with Gasteiger partial charge in [-0.3, -0.25) is 4.79 Å². The molecule has 1 aromatic heterocycles. The molecule has 1 amide bonds. The number of nitrogens with one attached hydrogen (secondary N) is 3. The van der Waals surface area contributed by atoms with Crippen LogP contribution in [0.4, 0.5) is 0 Å². The van der Waals surface area contributed by atoms with Gasteiger partial charge in [-0.15, -0.1) is 35.3 Å². The number of aryl methyl sites for hydroxylation is 1. The van der Waals surface area contributed by atoms with Crippen molar-refractivity contribution in [2.24, 2.45) is 4.99 Å². The Balaban J connectivity index is 0.00000364. The van der Waals surface area contributed by atoms with Crippen LogP contribution in [0.2, 0.25) is 5.02 Å². The lowest BCUT2D eigenvalue weighted by Gasteiger charge is -2.12. The van der Waals surface area contributed by atoms with Gasteiger partial charge in [0.15, 0.2) is 5.96 Å². The minimum Gasteiger partial charge on any atom is -0.357 e. The van der Waals surface area contributed by atoms with Gasteiger partial charge in [-0.2, -0.15) is 0 Å². The lowest BCUT2D eigenvalue weighted by Crippen LogP contribution is -2.41. The maximum Gasteiger partial charge on any atom is 0.252 e. The highest BCUT2D eigenvalue weighted by molar-refractivity contribution is 14.0. The van der Waals surface area contributed by atoms with Gasteiger partial charge in [0.25, 0.3) is 5.91 Å². The minimum atomic E-state index is -0.176. The van der Waals surface area contributed by atoms with Crippen molar-refractivity contribution in [3.05, 3.63) is 56.7 Å². The number of benzene rings is 1. The molecule has 148 valence electrons. The number of hydrogen-bond acceptors (Lipinski definition) is 3. The Bertz CT molecular complexity index is 751. The van der Waals surface area contributed by atoms with Crippen LogP contribution in [-0.4, -0.2) is 31.5 Å². The van der Waals surface area contributed by atoms with Crippen molar-refractivity contribution >= 4 is 58.8 Å². The SMILES string of the molecule is CCNC(=NCc1ccc(CC)s1)NCCNC(=O)c1ccccc1Cl.I. The molecule has 0 atom stereocenters. The molecule has 0 bridgehead atoms. The topological polar surface area (TPSA) is 65.5 Å². The van der Waals surface area contributed by atoms with E-state index in [-0.39, 0.29) is 29.9 Å². The molecular weight excluding hydrogens is 495 g/mol. The molecule has 0 radical (unpaired) electrons. The quantitative estimate of drug-likeness (QED) is 0.213. The Morgan fingerprint density at radius 2 is 1.74 bits per heavy atom. The summed E-state index contributed by atoms with van der Waals surface area (Å²) in [5, 5.41) is 9.75. The highest BCUT2D eigenvalue weighted by Crippen LogP contribution is 2.17. The molecule has 0 saturated heterocycles. The van der Waals surface area contributed by atoms with E-state index >= 15 is 0 Å². The number of amides is 1. The number of nitrogens with zero attached hydrogens (tertiary/aromatic N) is 1. The molecule has 5 nitrogen and oxygen atoms in total. The van der Waals surface area contributed by atoms with E-state index in [0.29, 0.717) is 30.2 Å². The summed E-state index contributed by atoms with van der Waals surface area (Å²) in [5.74, 6) is 0.566. The van der Waals surface area contributed by atoms with E-state index < -0.39 is 0 Å². The second kappa shape index (κ2) is 13.0. The molecule has 3 N–H and O–H groups in total. The van der Waals surface area contributed by atoms with Crippen LogP contribution in [0.1, 0.15) is 34.0 Å². The van der Waals surface area contributed by atoms with Gasteiger partial charge < -0.3 is 16.0 Å².